The maximum absolute atomic E-state index is 11.5. The van der Waals surface area contributed by atoms with Gasteiger partial charge in [-0.25, -0.2) is 4.98 Å². The Kier molecular flexibility index (Phi) is 3.75. The van der Waals surface area contributed by atoms with Crippen molar-refractivity contribution in [3.8, 4) is 6.07 Å². The van der Waals surface area contributed by atoms with E-state index in [9.17, 15) is 4.79 Å². The van der Waals surface area contributed by atoms with Crippen LogP contribution in [0.15, 0.2) is 21.6 Å². The van der Waals surface area contributed by atoms with E-state index in [1.165, 1.54) is 5.56 Å². The van der Waals surface area contributed by atoms with Crippen LogP contribution in [-0.4, -0.2) is 16.5 Å². The monoisotopic (exact) mass is 260 g/mol. The topological polar surface area (TPSA) is 81.6 Å². The first kappa shape index (κ1) is 12.3. The number of nitrogens with zero attached hydrogens (tertiary/aromatic N) is 2. The maximum atomic E-state index is 11.5. The zero-order chi connectivity index (χ0) is 13.0. The molecule has 0 atom stereocenters. The summed E-state index contributed by atoms with van der Waals surface area (Å²) in [5.41, 5.74) is 0.863. The van der Waals surface area contributed by atoms with Crippen molar-refractivity contribution >= 4 is 17.2 Å². The molecule has 5 nitrogen and oxygen atoms in total. The Morgan fingerprint density at radius 1 is 1.61 bits per heavy atom. The largest absolute Gasteiger partial charge is 0.368 e. The predicted octanol–water partition coefficient (Wildman–Crippen LogP) is 1.67. The summed E-state index contributed by atoms with van der Waals surface area (Å²) in [7, 11) is 0. The molecule has 2 aromatic rings. The average molecular weight is 260 g/mol. The van der Waals surface area contributed by atoms with Crippen LogP contribution in [0.25, 0.3) is 0 Å². The van der Waals surface area contributed by atoms with Gasteiger partial charge in [-0.3, -0.25) is 4.79 Å². The molecule has 0 bridgehead atoms. The average Bonchev–Trinajstić information content (AvgIpc) is 2.81. The van der Waals surface area contributed by atoms with Crippen LogP contribution in [0.3, 0.4) is 0 Å². The molecule has 0 unspecified atom stereocenters. The van der Waals surface area contributed by atoms with Crippen molar-refractivity contribution < 1.29 is 0 Å². The number of nitriles is 1. The highest BCUT2D eigenvalue weighted by Crippen LogP contribution is 2.09. The van der Waals surface area contributed by atoms with Gasteiger partial charge >= 0.3 is 0 Å². The van der Waals surface area contributed by atoms with Crippen LogP contribution in [0.2, 0.25) is 0 Å². The van der Waals surface area contributed by atoms with Crippen molar-refractivity contribution in [3.05, 3.63) is 44.1 Å². The minimum Gasteiger partial charge on any atom is -0.368 e. The number of rotatable bonds is 4. The number of H-pyrrole nitrogens is 1. The Balaban J connectivity index is 2.09. The molecular weight excluding hydrogens is 248 g/mol. The summed E-state index contributed by atoms with van der Waals surface area (Å²) in [6, 6.07) is 3.92. The molecule has 18 heavy (non-hydrogen) atoms. The van der Waals surface area contributed by atoms with Crippen LogP contribution >= 0.6 is 11.3 Å². The van der Waals surface area contributed by atoms with Gasteiger partial charge in [0.15, 0.2) is 11.4 Å². The number of aromatic amines is 1. The minimum atomic E-state index is -0.400. The predicted molar refractivity (Wildman–Crippen MR) is 70.8 cm³/mol. The van der Waals surface area contributed by atoms with Crippen molar-refractivity contribution in [2.45, 2.75) is 13.3 Å². The van der Waals surface area contributed by atoms with E-state index < -0.39 is 5.56 Å². The molecule has 0 aliphatic rings. The van der Waals surface area contributed by atoms with Gasteiger partial charge in [0.2, 0.25) is 0 Å². The van der Waals surface area contributed by atoms with Gasteiger partial charge in [-0.2, -0.15) is 16.6 Å². The molecule has 6 heteroatoms. The highest BCUT2D eigenvalue weighted by molar-refractivity contribution is 7.07. The first-order valence-corrected chi connectivity index (χ1v) is 6.41. The van der Waals surface area contributed by atoms with Crippen LogP contribution in [0.1, 0.15) is 17.0 Å². The third-order valence-corrected chi connectivity index (χ3v) is 3.17. The second-order valence-corrected chi connectivity index (χ2v) is 4.58. The van der Waals surface area contributed by atoms with Crippen LogP contribution in [0, 0.1) is 18.3 Å². The van der Waals surface area contributed by atoms with Gasteiger partial charge in [0.05, 0.1) is 0 Å². The Morgan fingerprint density at radius 2 is 2.44 bits per heavy atom. The Hall–Kier alpha value is -2.13. The van der Waals surface area contributed by atoms with Crippen molar-refractivity contribution in [1.82, 2.24) is 9.97 Å². The lowest BCUT2D eigenvalue weighted by molar-refractivity contribution is 0.965. The molecule has 2 heterocycles. The molecule has 92 valence electrons. The van der Waals surface area contributed by atoms with Crippen molar-refractivity contribution in [2.24, 2.45) is 0 Å². The molecule has 0 saturated heterocycles. The fourth-order valence-electron chi connectivity index (χ4n) is 1.58. The van der Waals surface area contributed by atoms with Gasteiger partial charge in [0.1, 0.15) is 11.9 Å². The van der Waals surface area contributed by atoms with Crippen molar-refractivity contribution in [1.29, 1.82) is 5.26 Å². The Bertz CT molecular complexity index is 625. The lowest BCUT2D eigenvalue weighted by Crippen LogP contribution is -2.18. The number of aryl methyl sites for hydroxylation is 1. The van der Waals surface area contributed by atoms with Gasteiger partial charge in [-0.1, -0.05) is 0 Å². The zero-order valence-corrected chi connectivity index (χ0v) is 10.7. The molecule has 0 amide bonds. The van der Waals surface area contributed by atoms with E-state index in [0.29, 0.717) is 18.2 Å². The molecule has 0 fully saturated rings. The number of anilines is 1. The SMILES string of the molecule is Cc1nc(NCCc2ccsc2)c(C#N)c(=O)[nH]1. The van der Waals surface area contributed by atoms with Crippen molar-refractivity contribution in [2.75, 3.05) is 11.9 Å². The standard InChI is InChI=1S/C12H12N4OS/c1-8-15-11(10(6-13)12(17)16-8)14-4-2-9-3-5-18-7-9/h3,5,7H,2,4H2,1H3,(H2,14,15,16,17). The summed E-state index contributed by atoms with van der Waals surface area (Å²) in [6.07, 6.45) is 0.835. The van der Waals surface area contributed by atoms with E-state index in [4.69, 9.17) is 5.26 Å². The Morgan fingerprint density at radius 3 is 3.11 bits per heavy atom. The fourth-order valence-corrected chi connectivity index (χ4v) is 2.28. The number of aromatic nitrogens is 2. The molecule has 0 radical (unpaired) electrons. The lowest BCUT2D eigenvalue weighted by atomic mass is 10.2. The summed E-state index contributed by atoms with van der Waals surface area (Å²) >= 11 is 1.65. The number of hydrogen-bond acceptors (Lipinski definition) is 5. The van der Waals surface area contributed by atoms with Gasteiger partial charge in [-0.05, 0) is 35.7 Å². The molecular formula is C12H12N4OS. The van der Waals surface area contributed by atoms with E-state index in [1.807, 2.05) is 17.5 Å². The van der Waals surface area contributed by atoms with Crippen LogP contribution in [0.5, 0.6) is 0 Å². The summed E-state index contributed by atoms with van der Waals surface area (Å²) in [5, 5.41) is 16.1. The van der Waals surface area contributed by atoms with Gasteiger partial charge in [-0.15, -0.1) is 0 Å². The van der Waals surface area contributed by atoms with E-state index >= 15 is 0 Å². The molecule has 0 aromatic carbocycles. The molecule has 0 aliphatic carbocycles. The van der Waals surface area contributed by atoms with E-state index in [0.717, 1.165) is 6.42 Å². The second-order valence-electron chi connectivity index (χ2n) is 3.80. The normalized spacial score (nSPS) is 10.0. The van der Waals surface area contributed by atoms with E-state index in [2.05, 4.69) is 20.7 Å². The van der Waals surface area contributed by atoms with E-state index in [1.54, 1.807) is 18.3 Å². The first-order chi connectivity index (χ1) is 8.70. The van der Waals surface area contributed by atoms with Crippen LogP contribution in [-0.2, 0) is 6.42 Å². The molecule has 0 aliphatic heterocycles. The second kappa shape index (κ2) is 5.47. The molecule has 0 saturated carbocycles. The zero-order valence-electron chi connectivity index (χ0n) is 9.86. The summed E-state index contributed by atoms with van der Waals surface area (Å²) in [5.74, 6) is 0.853. The fraction of sp³-hybridized carbons (Fsp3) is 0.250. The quantitative estimate of drug-likeness (QED) is 0.876. The summed E-state index contributed by atoms with van der Waals surface area (Å²) in [6.45, 7) is 2.33. The lowest BCUT2D eigenvalue weighted by Gasteiger charge is -2.06. The summed E-state index contributed by atoms with van der Waals surface area (Å²) in [4.78, 5) is 18.2. The number of hydrogen-bond donors (Lipinski definition) is 2. The molecule has 2 N–H and O–H groups in total. The number of nitrogens with one attached hydrogen (secondary N) is 2. The molecule has 2 aromatic heterocycles. The van der Waals surface area contributed by atoms with Gasteiger partial charge < -0.3 is 10.3 Å². The van der Waals surface area contributed by atoms with Crippen LogP contribution < -0.4 is 10.9 Å². The Labute approximate surface area is 108 Å². The number of thiophene rings is 1. The highest BCUT2D eigenvalue weighted by Gasteiger charge is 2.08. The van der Waals surface area contributed by atoms with Crippen LogP contribution in [0.4, 0.5) is 5.82 Å². The van der Waals surface area contributed by atoms with Gasteiger partial charge in [0, 0.05) is 6.54 Å². The maximum Gasteiger partial charge on any atom is 0.271 e. The smallest absolute Gasteiger partial charge is 0.271 e. The van der Waals surface area contributed by atoms with Crippen molar-refractivity contribution in [3.63, 3.8) is 0 Å². The van der Waals surface area contributed by atoms with E-state index in [-0.39, 0.29) is 5.56 Å². The molecule has 2 rings (SSSR count). The first-order valence-electron chi connectivity index (χ1n) is 5.46. The third kappa shape index (κ3) is 2.76. The third-order valence-electron chi connectivity index (χ3n) is 2.44. The minimum absolute atomic E-state index is 0.0333. The summed E-state index contributed by atoms with van der Waals surface area (Å²) < 4.78 is 0. The van der Waals surface area contributed by atoms with Gasteiger partial charge in [0.25, 0.3) is 5.56 Å². The highest BCUT2D eigenvalue weighted by atomic mass is 32.1. The molecule has 0 spiro atoms.